The van der Waals surface area contributed by atoms with Crippen molar-refractivity contribution in [3.8, 4) is 0 Å². The molecule has 1 heterocycles. The van der Waals surface area contributed by atoms with E-state index in [2.05, 4.69) is 30.8 Å². The van der Waals surface area contributed by atoms with Crippen LogP contribution in [0.4, 0.5) is 10.1 Å². The maximum absolute atomic E-state index is 13.0. The number of aromatic nitrogens is 2. The molecular weight excluding hydrogens is 381 g/mol. The van der Waals surface area contributed by atoms with E-state index in [1.54, 1.807) is 6.92 Å². The summed E-state index contributed by atoms with van der Waals surface area (Å²) < 4.78 is 44.9. The van der Waals surface area contributed by atoms with Crippen LogP contribution in [-0.4, -0.2) is 31.2 Å². The number of nitrogens with zero attached hydrogens (tertiary/aromatic N) is 1. The van der Waals surface area contributed by atoms with Gasteiger partial charge in [-0.15, -0.1) is 0 Å². The number of anilines is 1. The average molecular weight is 392 g/mol. The minimum absolute atomic E-state index is 0.0977. The van der Waals surface area contributed by atoms with Crippen molar-refractivity contribution in [2.75, 3.05) is 11.3 Å². The lowest BCUT2D eigenvalue weighted by molar-refractivity contribution is 0.0522. The van der Waals surface area contributed by atoms with Crippen molar-refractivity contribution in [2.24, 2.45) is 0 Å². The molecule has 0 atom stereocenters. The van der Waals surface area contributed by atoms with Crippen LogP contribution in [0, 0.1) is 5.82 Å². The predicted molar refractivity (Wildman–Crippen MR) is 79.5 cm³/mol. The Morgan fingerprint density at radius 2 is 2.23 bits per heavy atom. The first kappa shape index (κ1) is 16.4. The van der Waals surface area contributed by atoms with Crippen molar-refractivity contribution in [3.05, 3.63) is 40.2 Å². The highest BCUT2D eigenvalue weighted by molar-refractivity contribution is 9.10. The van der Waals surface area contributed by atoms with E-state index in [0.717, 1.165) is 18.3 Å². The van der Waals surface area contributed by atoms with Gasteiger partial charge in [0.2, 0.25) is 0 Å². The molecule has 0 amide bonds. The largest absolute Gasteiger partial charge is 0.462 e. The van der Waals surface area contributed by atoms with Gasteiger partial charge in [-0.2, -0.15) is 13.5 Å². The molecule has 118 valence electrons. The molecule has 2 rings (SSSR count). The van der Waals surface area contributed by atoms with Crippen LogP contribution in [0.15, 0.2) is 33.9 Å². The molecule has 0 saturated heterocycles. The van der Waals surface area contributed by atoms with E-state index >= 15 is 0 Å². The number of halogens is 2. The Morgan fingerprint density at radius 1 is 1.50 bits per heavy atom. The normalized spacial score (nSPS) is 11.2. The molecule has 0 aliphatic carbocycles. The standard InChI is InChI=1S/C12H11BrFN3O4S/c1-2-21-12(18)8-6-15-16-11(8)22(19,20)17-10-4-3-7(14)5-9(10)13/h3-6,17H,2H2,1H3,(H,15,16). The monoisotopic (exact) mass is 391 g/mol. The number of rotatable bonds is 5. The van der Waals surface area contributed by atoms with Gasteiger partial charge in [-0.25, -0.2) is 9.18 Å². The molecule has 10 heteroatoms. The van der Waals surface area contributed by atoms with Gasteiger partial charge in [0.15, 0.2) is 5.03 Å². The average Bonchev–Trinajstić information content (AvgIpc) is 2.92. The molecule has 0 aliphatic rings. The van der Waals surface area contributed by atoms with Gasteiger partial charge in [-0.05, 0) is 41.1 Å². The number of aromatic amines is 1. The fourth-order valence-electron chi connectivity index (χ4n) is 1.60. The van der Waals surface area contributed by atoms with Gasteiger partial charge in [0.1, 0.15) is 11.4 Å². The van der Waals surface area contributed by atoms with Gasteiger partial charge < -0.3 is 4.74 Å². The van der Waals surface area contributed by atoms with Crippen molar-refractivity contribution in [2.45, 2.75) is 11.9 Å². The number of carbonyl (C=O) groups excluding carboxylic acids is 1. The summed E-state index contributed by atoms with van der Waals surface area (Å²) in [6.45, 7) is 1.69. The van der Waals surface area contributed by atoms with Crippen molar-refractivity contribution < 1.29 is 22.3 Å². The third kappa shape index (κ3) is 3.45. The zero-order valence-electron chi connectivity index (χ0n) is 11.3. The second kappa shape index (κ2) is 6.44. The maximum atomic E-state index is 13.0. The highest BCUT2D eigenvalue weighted by Gasteiger charge is 2.26. The van der Waals surface area contributed by atoms with E-state index < -0.39 is 26.8 Å². The number of H-pyrrole nitrogens is 1. The number of carbonyl (C=O) groups is 1. The van der Waals surface area contributed by atoms with Gasteiger partial charge in [-0.1, -0.05) is 0 Å². The molecule has 0 radical (unpaired) electrons. The second-order valence-corrected chi connectivity index (χ2v) is 6.54. The Labute approximate surface area is 134 Å². The Hall–Kier alpha value is -1.94. The first-order valence-corrected chi connectivity index (χ1v) is 8.31. The second-order valence-electron chi connectivity index (χ2n) is 4.06. The number of ether oxygens (including phenoxy) is 1. The van der Waals surface area contributed by atoms with Crippen molar-refractivity contribution in [1.82, 2.24) is 10.2 Å². The zero-order chi connectivity index (χ0) is 16.3. The van der Waals surface area contributed by atoms with Gasteiger partial charge in [0.25, 0.3) is 10.0 Å². The molecule has 0 spiro atoms. The lowest BCUT2D eigenvalue weighted by Gasteiger charge is -2.09. The number of nitrogens with one attached hydrogen (secondary N) is 2. The van der Waals surface area contributed by atoms with E-state index in [1.807, 2.05) is 0 Å². The van der Waals surface area contributed by atoms with Gasteiger partial charge >= 0.3 is 5.97 Å². The van der Waals surface area contributed by atoms with Gasteiger partial charge in [-0.3, -0.25) is 9.82 Å². The Kier molecular flexibility index (Phi) is 4.81. The Bertz CT molecular complexity index is 806. The highest BCUT2D eigenvalue weighted by Crippen LogP contribution is 2.26. The van der Waals surface area contributed by atoms with E-state index in [1.165, 1.54) is 6.07 Å². The van der Waals surface area contributed by atoms with Crippen LogP contribution in [0.3, 0.4) is 0 Å². The quantitative estimate of drug-likeness (QED) is 0.761. The van der Waals surface area contributed by atoms with E-state index in [4.69, 9.17) is 4.74 Å². The Morgan fingerprint density at radius 3 is 2.86 bits per heavy atom. The van der Waals surface area contributed by atoms with E-state index in [9.17, 15) is 17.6 Å². The zero-order valence-corrected chi connectivity index (χ0v) is 13.7. The molecule has 1 aromatic carbocycles. The fraction of sp³-hybridized carbons (Fsp3) is 0.167. The molecule has 2 aromatic rings. The summed E-state index contributed by atoms with van der Waals surface area (Å²) in [5.41, 5.74) is -0.0987. The summed E-state index contributed by atoms with van der Waals surface area (Å²) in [4.78, 5) is 11.7. The molecule has 1 aromatic heterocycles. The summed E-state index contributed by atoms with van der Waals surface area (Å²) >= 11 is 3.05. The van der Waals surface area contributed by atoms with Crippen LogP contribution in [-0.2, 0) is 14.8 Å². The third-order valence-electron chi connectivity index (χ3n) is 2.54. The summed E-state index contributed by atoms with van der Waals surface area (Å²) in [5.74, 6) is -1.33. The third-order valence-corrected chi connectivity index (χ3v) is 4.54. The molecule has 0 fully saturated rings. The van der Waals surface area contributed by atoms with Crippen LogP contribution in [0.5, 0.6) is 0 Å². The van der Waals surface area contributed by atoms with Crippen LogP contribution in [0.25, 0.3) is 0 Å². The molecule has 7 nitrogen and oxygen atoms in total. The molecule has 0 unspecified atom stereocenters. The highest BCUT2D eigenvalue weighted by atomic mass is 79.9. The number of esters is 1. The lowest BCUT2D eigenvalue weighted by Crippen LogP contribution is -2.18. The van der Waals surface area contributed by atoms with Crippen LogP contribution < -0.4 is 4.72 Å². The minimum atomic E-state index is -4.12. The predicted octanol–water partition coefficient (Wildman–Crippen LogP) is 2.29. The van der Waals surface area contributed by atoms with Crippen molar-refractivity contribution >= 4 is 37.6 Å². The smallest absolute Gasteiger partial charge is 0.342 e. The maximum Gasteiger partial charge on any atom is 0.342 e. The number of hydrogen-bond acceptors (Lipinski definition) is 5. The van der Waals surface area contributed by atoms with E-state index in [-0.39, 0.29) is 22.3 Å². The van der Waals surface area contributed by atoms with Crippen LogP contribution >= 0.6 is 15.9 Å². The van der Waals surface area contributed by atoms with Gasteiger partial charge in [0.05, 0.1) is 18.5 Å². The molecule has 2 N–H and O–H groups in total. The lowest BCUT2D eigenvalue weighted by atomic mass is 10.3. The van der Waals surface area contributed by atoms with Crippen LogP contribution in [0.2, 0.25) is 0 Å². The van der Waals surface area contributed by atoms with Crippen molar-refractivity contribution in [1.29, 1.82) is 0 Å². The minimum Gasteiger partial charge on any atom is -0.462 e. The Balaban J connectivity index is 2.35. The number of benzene rings is 1. The SMILES string of the molecule is CCOC(=O)c1cn[nH]c1S(=O)(=O)Nc1ccc(F)cc1Br. The summed E-state index contributed by atoms with van der Waals surface area (Å²) in [6, 6.07) is 3.45. The first-order chi connectivity index (χ1) is 10.3. The molecular formula is C12H11BrFN3O4S. The molecule has 22 heavy (non-hydrogen) atoms. The summed E-state index contributed by atoms with van der Waals surface area (Å²) in [6.07, 6.45) is 1.06. The topological polar surface area (TPSA) is 101 Å². The summed E-state index contributed by atoms with van der Waals surface area (Å²) in [5, 5.41) is 5.37. The van der Waals surface area contributed by atoms with Crippen molar-refractivity contribution in [3.63, 3.8) is 0 Å². The molecule has 0 saturated carbocycles. The van der Waals surface area contributed by atoms with E-state index in [0.29, 0.717) is 0 Å². The summed E-state index contributed by atoms with van der Waals surface area (Å²) in [7, 11) is -4.12. The number of hydrogen-bond donors (Lipinski definition) is 2. The fourth-order valence-corrected chi connectivity index (χ4v) is 3.35. The van der Waals surface area contributed by atoms with Gasteiger partial charge in [0, 0.05) is 4.47 Å². The number of sulfonamides is 1. The molecule has 0 bridgehead atoms. The first-order valence-electron chi connectivity index (χ1n) is 6.03. The molecule has 0 aliphatic heterocycles. The van der Waals surface area contributed by atoms with Crippen LogP contribution in [0.1, 0.15) is 17.3 Å².